The van der Waals surface area contributed by atoms with E-state index in [0.717, 1.165) is 5.56 Å². The molecular formula is C15H17FN2O2S. The first kappa shape index (κ1) is 15.5. The first-order chi connectivity index (χ1) is 9.98. The van der Waals surface area contributed by atoms with Crippen LogP contribution in [-0.4, -0.2) is 15.0 Å². The van der Waals surface area contributed by atoms with E-state index >= 15 is 0 Å². The van der Waals surface area contributed by atoms with E-state index in [4.69, 9.17) is 5.73 Å². The van der Waals surface area contributed by atoms with Crippen LogP contribution in [-0.2, 0) is 16.6 Å². The monoisotopic (exact) mass is 308 g/mol. The molecule has 21 heavy (non-hydrogen) atoms. The molecule has 0 radical (unpaired) electrons. The molecule has 0 unspecified atom stereocenters. The topological polar surface area (TPSA) is 63.4 Å². The van der Waals surface area contributed by atoms with Crippen LogP contribution in [0.25, 0.3) is 0 Å². The molecule has 0 saturated heterocycles. The summed E-state index contributed by atoms with van der Waals surface area (Å²) in [6.45, 7) is 2.27. The zero-order valence-electron chi connectivity index (χ0n) is 11.7. The van der Waals surface area contributed by atoms with Crippen molar-refractivity contribution in [2.45, 2.75) is 18.4 Å². The minimum atomic E-state index is -3.72. The second kappa shape index (κ2) is 6.24. The molecule has 0 aliphatic rings. The molecule has 2 rings (SSSR count). The molecule has 0 spiro atoms. The summed E-state index contributed by atoms with van der Waals surface area (Å²) in [7, 11) is -3.72. The van der Waals surface area contributed by atoms with Crippen molar-refractivity contribution < 1.29 is 12.8 Å². The molecule has 0 aliphatic heterocycles. The van der Waals surface area contributed by atoms with E-state index in [1.165, 1.54) is 34.6 Å². The van der Waals surface area contributed by atoms with E-state index in [1.807, 2.05) is 0 Å². The minimum Gasteiger partial charge on any atom is -0.326 e. The van der Waals surface area contributed by atoms with Gasteiger partial charge in [0.25, 0.3) is 10.0 Å². The van der Waals surface area contributed by atoms with Crippen LogP contribution in [0.4, 0.5) is 10.1 Å². The molecule has 2 N–H and O–H groups in total. The summed E-state index contributed by atoms with van der Waals surface area (Å²) in [6.07, 6.45) is 0. The quantitative estimate of drug-likeness (QED) is 0.923. The summed E-state index contributed by atoms with van der Waals surface area (Å²) in [6, 6.07) is 11.9. The van der Waals surface area contributed by atoms with Crippen molar-refractivity contribution in [2.24, 2.45) is 5.73 Å². The fourth-order valence-corrected chi connectivity index (χ4v) is 3.51. The van der Waals surface area contributed by atoms with E-state index in [-0.39, 0.29) is 11.4 Å². The Morgan fingerprint density at radius 1 is 1.14 bits per heavy atom. The van der Waals surface area contributed by atoms with Gasteiger partial charge in [0.15, 0.2) is 0 Å². The van der Waals surface area contributed by atoms with E-state index < -0.39 is 15.8 Å². The number of halogens is 1. The van der Waals surface area contributed by atoms with Crippen LogP contribution in [0.5, 0.6) is 0 Å². The molecule has 4 nitrogen and oxygen atoms in total. The van der Waals surface area contributed by atoms with Gasteiger partial charge in [-0.25, -0.2) is 12.8 Å². The zero-order chi connectivity index (χ0) is 15.5. The highest BCUT2D eigenvalue weighted by Crippen LogP contribution is 2.24. The Morgan fingerprint density at radius 2 is 1.81 bits per heavy atom. The molecule has 0 bridgehead atoms. The van der Waals surface area contributed by atoms with Crippen LogP contribution >= 0.6 is 0 Å². The maximum absolute atomic E-state index is 13.3. The Kier molecular flexibility index (Phi) is 4.59. The molecule has 2 aromatic rings. The molecule has 0 fully saturated rings. The lowest BCUT2D eigenvalue weighted by molar-refractivity contribution is 0.591. The summed E-state index contributed by atoms with van der Waals surface area (Å²) in [5.41, 5.74) is 6.66. The number of nitrogens with two attached hydrogens (primary N) is 1. The third-order valence-electron chi connectivity index (χ3n) is 3.13. The third-order valence-corrected chi connectivity index (χ3v) is 5.05. The van der Waals surface area contributed by atoms with Crippen molar-refractivity contribution >= 4 is 15.7 Å². The van der Waals surface area contributed by atoms with Crippen molar-refractivity contribution in [1.29, 1.82) is 0 Å². The number of sulfonamides is 1. The van der Waals surface area contributed by atoms with Gasteiger partial charge < -0.3 is 5.73 Å². The fraction of sp³-hybridized carbons (Fsp3) is 0.200. The average Bonchev–Trinajstić information content (AvgIpc) is 2.48. The van der Waals surface area contributed by atoms with Crippen molar-refractivity contribution in [2.75, 3.05) is 10.8 Å². The molecule has 0 amide bonds. The van der Waals surface area contributed by atoms with Crippen LogP contribution in [0.1, 0.15) is 12.5 Å². The third kappa shape index (κ3) is 3.22. The summed E-state index contributed by atoms with van der Waals surface area (Å²) in [5.74, 6) is -0.473. The lowest BCUT2D eigenvalue weighted by Gasteiger charge is -2.23. The molecule has 112 valence electrons. The number of rotatable bonds is 5. The second-order valence-corrected chi connectivity index (χ2v) is 6.36. The van der Waals surface area contributed by atoms with Crippen molar-refractivity contribution in [3.63, 3.8) is 0 Å². The van der Waals surface area contributed by atoms with E-state index in [9.17, 15) is 12.8 Å². The molecular weight excluding hydrogens is 291 g/mol. The second-order valence-electron chi connectivity index (χ2n) is 4.50. The standard InChI is InChI=1S/C15H17FN2O2S/c1-2-18(14-5-3-4-13(16)10-14)21(19,20)15-8-6-12(11-17)7-9-15/h3-10H,2,11,17H2,1H3. The summed E-state index contributed by atoms with van der Waals surface area (Å²) in [5, 5.41) is 0. The average molecular weight is 308 g/mol. The Bertz CT molecular complexity index is 715. The molecule has 0 aliphatic carbocycles. The van der Waals surface area contributed by atoms with Gasteiger partial charge in [-0.3, -0.25) is 4.31 Å². The number of hydrogen-bond donors (Lipinski definition) is 1. The molecule has 0 heterocycles. The predicted octanol–water partition coefficient (Wildman–Crippen LogP) is 2.50. The Hall–Kier alpha value is -1.92. The first-order valence-corrected chi connectivity index (χ1v) is 8.00. The highest BCUT2D eigenvalue weighted by Gasteiger charge is 2.23. The maximum atomic E-state index is 13.3. The van der Waals surface area contributed by atoms with Gasteiger partial charge in [0.05, 0.1) is 10.6 Å². The van der Waals surface area contributed by atoms with Crippen LogP contribution in [0.2, 0.25) is 0 Å². The number of anilines is 1. The zero-order valence-corrected chi connectivity index (χ0v) is 12.5. The van der Waals surface area contributed by atoms with Gasteiger partial charge in [-0.15, -0.1) is 0 Å². The smallest absolute Gasteiger partial charge is 0.264 e. The van der Waals surface area contributed by atoms with Crippen LogP contribution < -0.4 is 10.0 Å². The normalized spacial score (nSPS) is 11.4. The molecule has 0 aromatic heterocycles. The minimum absolute atomic E-state index is 0.158. The fourth-order valence-electron chi connectivity index (χ4n) is 2.05. The van der Waals surface area contributed by atoms with Gasteiger partial charge in [-0.2, -0.15) is 0 Å². The summed E-state index contributed by atoms with van der Waals surface area (Å²) >= 11 is 0. The van der Waals surface area contributed by atoms with Crippen molar-refractivity contribution in [3.05, 3.63) is 59.9 Å². The molecule has 6 heteroatoms. The van der Waals surface area contributed by atoms with Gasteiger partial charge in [0, 0.05) is 13.1 Å². The van der Waals surface area contributed by atoms with Gasteiger partial charge in [0.1, 0.15) is 5.82 Å². The molecule has 0 atom stereocenters. The van der Waals surface area contributed by atoms with E-state index in [2.05, 4.69) is 0 Å². The van der Waals surface area contributed by atoms with Crippen LogP contribution in [0.3, 0.4) is 0 Å². The number of benzene rings is 2. The predicted molar refractivity (Wildman–Crippen MR) is 80.9 cm³/mol. The van der Waals surface area contributed by atoms with Crippen molar-refractivity contribution in [3.8, 4) is 0 Å². The lowest BCUT2D eigenvalue weighted by atomic mass is 10.2. The van der Waals surface area contributed by atoms with Gasteiger partial charge in [0.2, 0.25) is 0 Å². The lowest BCUT2D eigenvalue weighted by Crippen LogP contribution is -2.30. The van der Waals surface area contributed by atoms with Crippen LogP contribution in [0.15, 0.2) is 53.4 Å². The Labute approximate surface area is 124 Å². The Morgan fingerprint density at radius 3 is 2.33 bits per heavy atom. The molecule has 0 saturated carbocycles. The summed E-state index contributed by atoms with van der Waals surface area (Å²) in [4.78, 5) is 0.158. The number of hydrogen-bond acceptors (Lipinski definition) is 3. The Balaban J connectivity index is 2.44. The highest BCUT2D eigenvalue weighted by molar-refractivity contribution is 7.92. The van der Waals surface area contributed by atoms with Crippen molar-refractivity contribution in [1.82, 2.24) is 0 Å². The van der Waals surface area contributed by atoms with Gasteiger partial charge in [-0.05, 0) is 42.8 Å². The van der Waals surface area contributed by atoms with Gasteiger partial charge in [-0.1, -0.05) is 18.2 Å². The van der Waals surface area contributed by atoms with Gasteiger partial charge >= 0.3 is 0 Å². The number of nitrogens with zero attached hydrogens (tertiary/aromatic N) is 1. The summed E-state index contributed by atoms with van der Waals surface area (Å²) < 4.78 is 39.8. The SMILES string of the molecule is CCN(c1cccc(F)c1)S(=O)(=O)c1ccc(CN)cc1. The molecule has 2 aromatic carbocycles. The van der Waals surface area contributed by atoms with Crippen LogP contribution in [0, 0.1) is 5.82 Å². The highest BCUT2D eigenvalue weighted by atomic mass is 32.2. The van der Waals surface area contributed by atoms with E-state index in [1.54, 1.807) is 25.1 Å². The first-order valence-electron chi connectivity index (χ1n) is 6.56. The maximum Gasteiger partial charge on any atom is 0.264 e. The largest absolute Gasteiger partial charge is 0.326 e. The van der Waals surface area contributed by atoms with E-state index in [0.29, 0.717) is 12.2 Å².